The van der Waals surface area contributed by atoms with Crippen LogP contribution in [-0.4, -0.2) is 39.4 Å². The lowest BCUT2D eigenvalue weighted by Gasteiger charge is -2.30. The van der Waals surface area contributed by atoms with Gasteiger partial charge in [-0.05, 0) is 68.1 Å². The van der Waals surface area contributed by atoms with Crippen LogP contribution < -0.4 is 5.32 Å². The van der Waals surface area contributed by atoms with Crippen LogP contribution in [0.5, 0.6) is 0 Å². The first kappa shape index (κ1) is 17.7. The average Bonchev–Trinajstić information content (AvgIpc) is 3.42. The summed E-state index contributed by atoms with van der Waals surface area (Å²) in [5.41, 5.74) is 0.856. The Labute approximate surface area is 161 Å². The number of hydrogen-bond donors (Lipinski definition) is 2. The van der Waals surface area contributed by atoms with Gasteiger partial charge in [0.2, 0.25) is 5.91 Å². The number of halogens is 1. The van der Waals surface area contributed by atoms with E-state index in [1.54, 1.807) is 16.7 Å². The van der Waals surface area contributed by atoms with Crippen LogP contribution in [-0.2, 0) is 16.1 Å². The summed E-state index contributed by atoms with van der Waals surface area (Å²) in [6.45, 7) is 0.853. The molecule has 8 heteroatoms. The molecule has 2 aromatic rings. The topological polar surface area (TPSA) is 71.9 Å². The Kier molecular flexibility index (Phi) is 5.11. The predicted octanol–water partition coefficient (Wildman–Crippen LogP) is 3.33. The average molecular weight is 393 g/mol. The van der Waals surface area contributed by atoms with Gasteiger partial charge in [0.05, 0.1) is 6.10 Å². The van der Waals surface area contributed by atoms with Gasteiger partial charge in [-0.25, -0.2) is 0 Å². The Morgan fingerprint density at radius 1 is 1.35 bits per heavy atom. The number of amides is 1. The van der Waals surface area contributed by atoms with Gasteiger partial charge in [-0.3, -0.25) is 14.5 Å². The van der Waals surface area contributed by atoms with Crippen molar-refractivity contribution in [2.24, 2.45) is 5.92 Å². The van der Waals surface area contributed by atoms with E-state index in [9.17, 15) is 4.79 Å². The molecule has 1 amide bonds. The first-order valence-electron chi connectivity index (χ1n) is 8.92. The Hall–Kier alpha value is -1.70. The lowest BCUT2D eigenvalue weighted by Crippen LogP contribution is -2.43. The molecule has 2 atom stereocenters. The number of carbonyl (C=O) groups excluding carboxylic acids is 1. The van der Waals surface area contributed by atoms with E-state index in [1.165, 1.54) is 12.8 Å². The van der Waals surface area contributed by atoms with Gasteiger partial charge in [-0.1, -0.05) is 11.6 Å². The maximum Gasteiger partial charge on any atom is 0.240 e. The number of H-pyrrole nitrogens is 1. The quantitative estimate of drug-likeness (QED) is 0.765. The Morgan fingerprint density at radius 3 is 2.85 bits per heavy atom. The first-order valence-corrected chi connectivity index (χ1v) is 9.71. The van der Waals surface area contributed by atoms with Crippen molar-refractivity contribution >= 4 is 29.7 Å². The number of aromatic nitrogens is 3. The van der Waals surface area contributed by atoms with Crippen molar-refractivity contribution in [2.45, 2.75) is 44.4 Å². The summed E-state index contributed by atoms with van der Waals surface area (Å²) in [6.07, 6.45) is 4.56. The summed E-state index contributed by atoms with van der Waals surface area (Å²) in [4.78, 5) is 12.6. The molecule has 26 heavy (non-hydrogen) atoms. The van der Waals surface area contributed by atoms with Crippen molar-refractivity contribution in [1.29, 1.82) is 0 Å². The molecule has 1 aliphatic heterocycles. The number of nitrogens with one attached hydrogen (secondary N) is 2. The molecule has 138 valence electrons. The largest absolute Gasteiger partial charge is 0.378 e. The molecule has 1 aromatic carbocycles. The van der Waals surface area contributed by atoms with Gasteiger partial charge in [-0.15, -0.1) is 0 Å². The summed E-state index contributed by atoms with van der Waals surface area (Å²) in [5.74, 6) is 1.26. The molecule has 4 rings (SSSR count). The van der Waals surface area contributed by atoms with Crippen molar-refractivity contribution in [1.82, 2.24) is 20.1 Å². The molecule has 2 heterocycles. The zero-order valence-electron chi connectivity index (χ0n) is 14.3. The standard InChI is InChI=1S/C18H21ClN4O2S/c19-13-5-3-12(4-6-13)17-21-22-18(26)23(17)10-16(24)20-14-7-8-25-15(9-14)11-1-2-11/h3-6,11,14-15H,1-2,7-10H2,(H,20,24)(H,22,26). The number of rotatable bonds is 5. The minimum absolute atomic E-state index is 0.0563. The number of carbonyl (C=O) groups is 1. The van der Waals surface area contributed by atoms with Gasteiger partial charge in [0.15, 0.2) is 10.6 Å². The molecule has 1 saturated carbocycles. The lowest BCUT2D eigenvalue weighted by molar-refractivity contribution is -0.123. The van der Waals surface area contributed by atoms with Gasteiger partial charge in [0.25, 0.3) is 0 Å². The first-order chi connectivity index (χ1) is 12.6. The van der Waals surface area contributed by atoms with Crippen LogP contribution in [0.4, 0.5) is 0 Å². The van der Waals surface area contributed by atoms with E-state index in [4.69, 9.17) is 28.6 Å². The highest BCUT2D eigenvalue weighted by Gasteiger charge is 2.36. The van der Waals surface area contributed by atoms with Crippen LogP contribution in [0, 0.1) is 10.7 Å². The molecule has 2 aliphatic rings. The second-order valence-electron chi connectivity index (χ2n) is 6.98. The van der Waals surface area contributed by atoms with Gasteiger partial charge >= 0.3 is 0 Å². The maximum atomic E-state index is 12.6. The van der Waals surface area contributed by atoms with Crippen LogP contribution in [0.25, 0.3) is 11.4 Å². The third-order valence-corrected chi connectivity index (χ3v) is 5.55. The third kappa shape index (κ3) is 4.00. The van der Waals surface area contributed by atoms with Crippen molar-refractivity contribution < 1.29 is 9.53 Å². The van der Waals surface area contributed by atoms with Gasteiger partial charge in [0.1, 0.15) is 6.54 Å². The van der Waals surface area contributed by atoms with Crippen molar-refractivity contribution in [3.05, 3.63) is 34.1 Å². The van der Waals surface area contributed by atoms with E-state index < -0.39 is 0 Å². The molecule has 0 radical (unpaired) electrons. The second kappa shape index (κ2) is 7.50. The Bertz CT molecular complexity index is 844. The molecule has 1 aliphatic carbocycles. The molecule has 2 N–H and O–H groups in total. The molecule has 0 spiro atoms. The number of aromatic amines is 1. The lowest BCUT2D eigenvalue weighted by atomic mass is 10.00. The minimum Gasteiger partial charge on any atom is -0.378 e. The smallest absolute Gasteiger partial charge is 0.240 e. The zero-order valence-corrected chi connectivity index (χ0v) is 15.9. The van der Waals surface area contributed by atoms with Crippen LogP contribution in [0.3, 0.4) is 0 Å². The van der Waals surface area contributed by atoms with Crippen LogP contribution >= 0.6 is 23.8 Å². The molecular weight excluding hydrogens is 372 g/mol. The van der Waals surface area contributed by atoms with E-state index >= 15 is 0 Å². The van der Waals surface area contributed by atoms with Crippen molar-refractivity contribution in [3.63, 3.8) is 0 Å². The maximum absolute atomic E-state index is 12.6. The molecule has 1 aromatic heterocycles. The normalized spacial score (nSPS) is 23.0. The third-order valence-electron chi connectivity index (χ3n) is 4.99. The van der Waals surface area contributed by atoms with Crippen molar-refractivity contribution in [2.75, 3.05) is 6.61 Å². The van der Waals surface area contributed by atoms with E-state index in [0.29, 0.717) is 34.2 Å². The van der Waals surface area contributed by atoms with Crippen molar-refractivity contribution in [3.8, 4) is 11.4 Å². The summed E-state index contributed by atoms with van der Waals surface area (Å²) in [5, 5.41) is 10.8. The Balaban J connectivity index is 1.43. The highest BCUT2D eigenvalue weighted by molar-refractivity contribution is 7.71. The number of benzene rings is 1. The molecular formula is C18H21ClN4O2S. The summed E-state index contributed by atoms with van der Waals surface area (Å²) in [7, 11) is 0. The van der Waals surface area contributed by atoms with Crippen LogP contribution in [0.15, 0.2) is 24.3 Å². The molecule has 2 fully saturated rings. The fourth-order valence-corrected chi connectivity index (χ4v) is 3.78. The van der Waals surface area contributed by atoms with Gasteiger partial charge < -0.3 is 10.1 Å². The van der Waals surface area contributed by atoms with Crippen LogP contribution in [0.2, 0.25) is 5.02 Å². The number of ether oxygens (including phenoxy) is 1. The van der Waals surface area contributed by atoms with Gasteiger partial charge in [0, 0.05) is 23.2 Å². The molecule has 1 saturated heterocycles. The van der Waals surface area contributed by atoms with E-state index in [2.05, 4.69) is 15.5 Å². The minimum atomic E-state index is -0.0563. The monoisotopic (exact) mass is 392 g/mol. The summed E-state index contributed by atoms with van der Waals surface area (Å²) < 4.78 is 7.96. The number of hydrogen-bond acceptors (Lipinski definition) is 4. The SMILES string of the molecule is O=C(Cn1c(-c2ccc(Cl)cc2)n[nH]c1=S)NC1CCOC(C2CC2)C1. The predicted molar refractivity (Wildman–Crippen MR) is 101 cm³/mol. The molecule has 0 bridgehead atoms. The van der Waals surface area contributed by atoms with Crippen LogP contribution in [0.1, 0.15) is 25.7 Å². The summed E-state index contributed by atoms with van der Waals surface area (Å²) >= 11 is 11.2. The van der Waals surface area contributed by atoms with E-state index in [-0.39, 0.29) is 18.5 Å². The molecule has 2 unspecified atom stereocenters. The fourth-order valence-electron chi connectivity index (χ4n) is 3.46. The highest BCUT2D eigenvalue weighted by Crippen LogP contribution is 2.38. The Morgan fingerprint density at radius 2 is 2.12 bits per heavy atom. The van der Waals surface area contributed by atoms with E-state index in [0.717, 1.165) is 18.4 Å². The zero-order chi connectivity index (χ0) is 18.1. The molecule has 6 nitrogen and oxygen atoms in total. The highest BCUT2D eigenvalue weighted by atomic mass is 35.5. The summed E-state index contributed by atoms with van der Waals surface area (Å²) in [6, 6.07) is 7.47. The number of nitrogens with zero attached hydrogens (tertiary/aromatic N) is 2. The second-order valence-corrected chi connectivity index (χ2v) is 7.80. The van der Waals surface area contributed by atoms with E-state index in [1.807, 2.05) is 12.1 Å². The van der Waals surface area contributed by atoms with Gasteiger partial charge in [-0.2, -0.15) is 5.10 Å². The fraction of sp³-hybridized carbons (Fsp3) is 0.500.